The highest BCUT2D eigenvalue weighted by Crippen LogP contribution is 2.34. The molecule has 2 N–H and O–H groups in total. The van der Waals surface area contributed by atoms with Gasteiger partial charge in [-0.3, -0.25) is 9.59 Å². The van der Waals surface area contributed by atoms with Gasteiger partial charge in [-0.15, -0.1) is 0 Å². The van der Waals surface area contributed by atoms with Crippen LogP contribution >= 0.6 is 0 Å². The summed E-state index contributed by atoms with van der Waals surface area (Å²) in [6.45, 7) is 1.39. The Labute approximate surface area is 154 Å². The number of fused-ring (bicyclic) bond motifs is 1. The first-order valence-corrected chi connectivity index (χ1v) is 9.14. The predicted molar refractivity (Wildman–Crippen MR) is 98.7 cm³/mol. The molecule has 1 aliphatic carbocycles. The van der Waals surface area contributed by atoms with Gasteiger partial charge in [0.15, 0.2) is 0 Å². The molecule has 1 unspecified atom stereocenters. The van der Waals surface area contributed by atoms with Crippen molar-refractivity contribution >= 4 is 17.5 Å². The molecule has 0 radical (unpaired) electrons. The van der Waals surface area contributed by atoms with Gasteiger partial charge in [0.2, 0.25) is 5.91 Å². The van der Waals surface area contributed by atoms with E-state index in [1.807, 2.05) is 24.1 Å². The Bertz CT molecular complexity index is 660. The molecule has 1 saturated carbocycles. The fourth-order valence-electron chi connectivity index (χ4n) is 3.17. The summed E-state index contributed by atoms with van der Waals surface area (Å²) in [5.74, 6) is 0.645. The van der Waals surface area contributed by atoms with E-state index in [9.17, 15) is 9.59 Å². The molecule has 1 heterocycles. The minimum atomic E-state index is -0.150. The van der Waals surface area contributed by atoms with Gasteiger partial charge in [0.1, 0.15) is 12.4 Å². The summed E-state index contributed by atoms with van der Waals surface area (Å²) >= 11 is 0. The minimum absolute atomic E-state index is 0.0469. The molecule has 7 heteroatoms. The van der Waals surface area contributed by atoms with Crippen LogP contribution in [0.5, 0.6) is 5.75 Å². The van der Waals surface area contributed by atoms with Crippen molar-refractivity contribution in [3.63, 3.8) is 0 Å². The second-order valence-corrected chi connectivity index (χ2v) is 6.91. The average molecular weight is 361 g/mol. The van der Waals surface area contributed by atoms with Crippen LogP contribution in [0.15, 0.2) is 18.2 Å². The van der Waals surface area contributed by atoms with Crippen molar-refractivity contribution in [2.75, 3.05) is 38.8 Å². The van der Waals surface area contributed by atoms with Gasteiger partial charge in [0.05, 0.1) is 24.8 Å². The Kier molecular flexibility index (Phi) is 5.98. The van der Waals surface area contributed by atoms with Gasteiger partial charge in [-0.05, 0) is 37.5 Å². The van der Waals surface area contributed by atoms with Gasteiger partial charge in [0, 0.05) is 32.3 Å². The number of hydrogen-bond acceptors (Lipinski definition) is 5. The zero-order valence-electron chi connectivity index (χ0n) is 15.4. The van der Waals surface area contributed by atoms with Crippen LogP contribution in [0, 0.1) is 0 Å². The molecule has 0 aromatic heterocycles. The van der Waals surface area contributed by atoms with E-state index >= 15 is 0 Å². The third-order valence-corrected chi connectivity index (χ3v) is 5.06. The van der Waals surface area contributed by atoms with E-state index < -0.39 is 0 Å². The number of nitrogens with one attached hydrogen (secondary N) is 2. The Balaban J connectivity index is 1.63. The summed E-state index contributed by atoms with van der Waals surface area (Å²) in [4.78, 5) is 26.5. The van der Waals surface area contributed by atoms with Crippen molar-refractivity contribution in [3.05, 3.63) is 23.8 Å². The van der Waals surface area contributed by atoms with E-state index in [2.05, 4.69) is 10.6 Å². The smallest absolute Gasteiger partial charge is 0.251 e. The summed E-state index contributed by atoms with van der Waals surface area (Å²) in [5, 5.41) is 5.88. The molecule has 0 bridgehead atoms. The summed E-state index contributed by atoms with van der Waals surface area (Å²) in [6.07, 6.45) is 3.73. The molecule has 0 spiro atoms. The number of carbonyl (C=O) groups is 2. The number of amides is 2. The quantitative estimate of drug-likeness (QED) is 0.716. The van der Waals surface area contributed by atoms with Crippen molar-refractivity contribution in [2.45, 2.75) is 37.8 Å². The van der Waals surface area contributed by atoms with Gasteiger partial charge < -0.3 is 25.0 Å². The lowest BCUT2D eigenvalue weighted by molar-refractivity contribution is -0.122. The second kappa shape index (κ2) is 8.40. The molecule has 2 amide bonds. The monoisotopic (exact) mass is 361 g/mol. The average Bonchev–Trinajstić information content (AvgIpc) is 2.60. The maximum Gasteiger partial charge on any atom is 0.251 e. The molecule has 142 valence electrons. The molecule has 3 rings (SSSR count). The summed E-state index contributed by atoms with van der Waals surface area (Å²) in [6, 6.07) is 5.66. The van der Waals surface area contributed by atoms with Crippen molar-refractivity contribution < 1.29 is 19.1 Å². The fourth-order valence-corrected chi connectivity index (χ4v) is 3.17. The molecule has 1 fully saturated rings. The first kappa shape index (κ1) is 18.5. The molecular weight excluding hydrogens is 334 g/mol. The van der Waals surface area contributed by atoms with E-state index in [0.29, 0.717) is 37.8 Å². The molecule has 1 aliphatic heterocycles. The van der Waals surface area contributed by atoms with Crippen LogP contribution in [-0.2, 0) is 9.53 Å². The van der Waals surface area contributed by atoms with Crippen molar-refractivity contribution in [1.29, 1.82) is 0 Å². The van der Waals surface area contributed by atoms with Gasteiger partial charge in [-0.2, -0.15) is 0 Å². The lowest BCUT2D eigenvalue weighted by Gasteiger charge is -2.36. The van der Waals surface area contributed by atoms with Crippen LogP contribution in [0.25, 0.3) is 0 Å². The van der Waals surface area contributed by atoms with Crippen LogP contribution < -0.4 is 20.3 Å². The largest absolute Gasteiger partial charge is 0.489 e. The number of ether oxygens (including phenoxy) is 2. The Morgan fingerprint density at radius 2 is 2.15 bits per heavy atom. The van der Waals surface area contributed by atoms with Crippen LogP contribution in [-0.4, -0.2) is 57.8 Å². The highest BCUT2D eigenvalue weighted by Gasteiger charge is 2.29. The highest BCUT2D eigenvalue weighted by atomic mass is 16.5. The zero-order chi connectivity index (χ0) is 18.5. The van der Waals surface area contributed by atoms with Crippen LogP contribution in [0.3, 0.4) is 0 Å². The maximum absolute atomic E-state index is 12.2. The van der Waals surface area contributed by atoms with Crippen LogP contribution in [0.1, 0.15) is 36.0 Å². The van der Waals surface area contributed by atoms with Crippen molar-refractivity contribution in [1.82, 2.24) is 10.6 Å². The van der Waals surface area contributed by atoms with Gasteiger partial charge in [-0.25, -0.2) is 0 Å². The lowest BCUT2D eigenvalue weighted by atomic mass is 9.93. The topological polar surface area (TPSA) is 79.9 Å². The highest BCUT2D eigenvalue weighted by molar-refractivity contribution is 5.95. The molecule has 2 aliphatic rings. The van der Waals surface area contributed by atoms with Crippen LogP contribution in [0.2, 0.25) is 0 Å². The summed E-state index contributed by atoms with van der Waals surface area (Å²) in [5.41, 5.74) is 1.40. The van der Waals surface area contributed by atoms with Crippen molar-refractivity contribution in [3.8, 4) is 5.75 Å². The van der Waals surface area contributed by atoms with E-state index in [1.54, 1.807) is 13.2 Å². The molecule has 1 atom stereocenters. The number of benzene rings is 1. The number of anilines is 1. The summed E-state index contributed by atoms with van der Waals surface area (Å²) in [7, 11) is 3.54. The molecular formula is C19H27N3O4. The van der Waals surface area contributed by atoms with E-state index in [0.717, 1.165) is 24.3 Å². The Morgan fingerprint density at radius 1 is 1.35 bits per heavy atom. The van der Waals surface area contributed by atoms with Gasteiger partial charge in [0.25, 0.3) is 5.91 Å². The van der Waals surface area contributed by atoms with E-state index in [-0.39, 0.29) is 17.9 Å². The Hall–Kier alpha value is -2.28. The first-order valence-electron chi connectivity index (χ1n) is 9.14. The van der Waals surface area contributed by atoms with Crippen molar-refractivity contribution in [2.24, 2.45) is 0 Å². The van der Waals surface area contributed by atoms with E-state index in [1.165, 1.54) is 6.42 Å². The lowest BCUT2D eigenvalue weighted by Crippen LogP contribution is -2.46. The normalized spacial score (nSPS) is 19.2. The zero-order valence-corrected chi connectivity index (χ0v) is 15.4. The first-order chi connectivity index (χ1) is 12.6. The van der Waals surface area contributed by atoms with Gasteiger partial charge >= 0.3 is 0 Å². The second-order valence-electron chi connectivity index (χ2n) is 6.91. The molecule has 26 heavy (non-hydrogen) atoms. The third kappa shape index (κ3) is 4.27. The summed E-state index contributed by atoms with van der Waals surface area (Å²) < 4.78 is 10.8. The number of likely N-dealkylation sites (N-methyl/N-ethyl adjacent to an activating group) is 1. The molecule has 1 aromatic rings. The van der Waals surface area contributed by atoms with Gasteiger partial charge in [-0.1, -0.05) is 0 Å². The van der Waals surface area contributed by atoms with E-state index in [4.69, 9.17) is 9.47 Å². The molecule has 7 nitrogen and oxygen atoms in total. The molecule has 0 saturated heterocycles. The number of hydrogen-bond donors (Lipinski definition) is 2. The number of carbonyl (C=O) groups excluding carboxylic acids is 2. The number of rotatable bonds is 7. The fraction of sp³-hybridized carbons (Fsp3) is 0.579. The number of methoxy groups -OCH3 is 1. The predicted octanol–water partition coefficient (Wildman–Crippen LogP) is 1.32. The standard InChI is InChI=1S/C19H27N3O4/c1-22-15(11-18(23)21-14-4-3-5-14)12-26-17-7-6-13(10-16(17)22)19(24)20-8-9-25-2/h6-7,10,14-15H,3-5,8-9,11-12H2,1-2H3,(H,20,24)(H,21,23). The third-order valence-electron chi connectivity index (χ3n) is 5.06. The minimum Gasteiger partial charge on any atom is -0.489 e. The molecule has 1 aromatic carbocycles. The number of nitrogens with zero attached hydrogens (tertiary/aromatic N) is 1. The van der Waals surface area contributed by atoms with Crippen LogP contribution in [0.4, 0.5) is 5.69 Å². The Morgan fingerprint density at radius 3 is 2.85 bits per heavy atom. The SMILES string of the molecule is COCCNC(=O)c1ccc2c(c1)N(C)C(CC(=O)NC1CCC1)CO2. The maximum atomic E-state index is 12.2.